The van der Waals surface area contributed by atoms with Crippen LogP contribution in [0.5, 0.6) is 5.75 Å². The molecule has 0 atom stereocenters. The summed E-state index contributed by atoms with van der Waals surface area (Å²) in [4.78, 5) is 25.1. The molecule has 1 aliphatic rings. The Hall–Kier alpha value is -3.00. The van der Waals surface area contributed by atoms with E-state index in [9.17, 15) is 9.59 Å². The maximum absolute atomic E-state index is 12.5. The lowest BCUT2D eigenvalue weighted by atomic mass is 10.2. The number of methoxy groups -OCH3 is 1. The summed E-state index contributed by atoms with van der Waals surface area (Å²) in [5.41, 5.74) is 4.30. The Morgan fingerprint density at radius 3 is 2.42 bits per heavy atom. The molecular weight excluding hydrogens is 400 g/mol. The highest BCUT2D eigenvalue weighted by Gasteiger charge is 2.34. The van der Waals surface area contributed by atoms with Crippen molar-refractivity contribution in [2.75, 3.05) is 12.5 Å². The Labute approximate surface area is 158 Å². The molecule has 1 aliphatic heterocycles. The lowest BCUT2D eigenvalue weighted by Gasteiger charge is -2.10. The Balaban J connectivity index is 1.77. The van der Waals surface area contributed by atoms with Crippen molar-refractivity contribution in [2.24, 2.45) is 10.2 Å². The number of amides is 2. The molecule has 0 bridgehead atoms. The summed E-state index contributed by atoms with van der Waals surface area (Å²) >= 11 is 3.35. The molecule has 7 nitrogen and oxygen atoms in total. The number of carbonyl (C=O) groups excluding carboxylic acids is 2. The van der Waals surface area contributed by atoms with Crippen LogP contribution in [0.3, 0.4) is 0 Å². The molecule has 0 radical (unpaired) electrons. The summed E-state index contributed by atoms with van der Waals surface area (Å²) in [6.07, 6.45) is 0. The SMILES string of the molecule is COc1ccc(C(=O)N2N=C(C)/C(=N\Nc3ccc(Br)cc3)C2=O)cc1. The van der Waals surface area contributed by atoms with Crippen LogP contribution in [0.25, 0.3) is 0 Å². The fourth-order valence-electron chi connectivity index (χ4n) is 2.26. The first kappa shape index (κ1) is 17.8. The van der Waals surface area contributed by atoms with Gasteiger partial charge < -0.3 is 4.74 Å². The zero-order chi connectivity index (χ0) is 18.7. The van der Waals surface area contributed by atoms with E-state index in [4.69, 9.17) is 4.74 Å². The molecule has 3 rings (SSSR count). The van der Waals surface area contributed by atoms with E-state index < -0.39 is 11.8 Å². The Morgan fingerprint density at radius 1 is 1.15 bits per heavy atom. The highest BCUT2D eigenvalue weighted by Crippen LogP contribution is 2.17. The minimum absolute atomic E-state index is 0.0924. The lowest BCUT2D eigenvalue weighted by Crippen LogP contribution is -2.33. The standard InChI is InChI=1S/C18H15BrN4O3/c1-11-16(21-20-14-7-5-13(19)6-8-14)18(25)23(22-11)17(24)12-3-9-15(26-2)10-4-12/h3-10,20H,1-2H3/b21-16+. The zero-order valence-corrected chi connectivity index (χ0v) is 15.6. The third-order valence-electron chi connectivity index (χ3n) is 3.66. The molecule has 2 amide bonds. The van der Waals surface area contributed by atoms with Gasteiger partial charge in [0.1, 0.15) is 5.75 Å². The van der Waals surface area contributed by atoms with E-state index in [1.54, 1.807) is 43.3 Å². The van der Waals surface area contributed by atoms with E-state index in [0.717, 1.165) is 9.48 Å². The minimum atomic E-state index is -0.576. The molecule has 132 valence electrons. The number of hydrogen-bond donors (Lipinski definition) is 1. The van der Waals surface area contributed by atoms with E-state index in [1.807, 2.05) is 12.1 Å². The predicted molar refractivity (Wildman–Crippen MR) is 102 cm³/mol. The van der Waals surface area contributed by atoms with Crippen molar-refractivity contribution < 1.29 is 14.3 Å². The highest BCUT2D eigenvalue weighted by atomic mass is 79.9. The third kappa shape index (κ3) is 3.65. The molecule has 1 heterocycles. The molecule has 1 N–H and O–H groups in total. The van der Waals surface area contributed by atoms with Gasteiger partial charge in [-0.15, -0.1) is 0 Å². The van der Waals surface area contributed by atoms with Gasteiger partial charge in [-0.2, -0.15) is 15.2 Å². The van der Waals surface area contributed by atoms with Gasteiger partial charge in [-0.1, -0.05) is 15.9 Å². The third-order valence-corrected chi connectivity index (χ3v) is 4.19. The fraction of sp³-hybridized carbons (Fsp3) is 0.111. The Kier molecular flexibility index (Phi) is 5.13. The molecule has 0 aromatic heterocycles. The second-order valence-electron chi connectivity index (χ2n) is 5.42. The molecule has 0 saturated heterocycles. The van der Waals surface area contributed by atoms with E-state index >= 15 is 0 Å². The molecular formula is C18H15BrN4O3. The number of hydrogen-bond acceptors (Lipinski definition) is 6. The van der Waals surface area contributed by atoms with E-state index in [2.05, 4.69) is 31.6 Å². The van der Waals surface area contributed by atoms with Gasteiger partial charge in [-0.25, -0.2) is 0 Å². The summed E-state index contributed by atoms with van der Waals surface area (Å²) in [6.45, 7) is 1.63. The normalized spacial score (nSPS) is 15.2. The first-order valence-electron chi connectivity index (χ1n) is 7.67. The van der Waals surface area contributed by atoms with Crippen LogP contribution >= 0.6 is 15.9 Å². The number of nitrogens with zero attached hydrogens (tertiary/aromatic N) is 3. The lowest BCUT2D eigenvalue weighted by molar-refractivity contribution is -0.121. The van der Waals surface area contributed by atoms with Crippen molar-refractivity contribution >= 4 is 44.9 Å². The van der Waals surface area contributed by atoms with Gasteiger partial charge in [-0.3, -0.25) is 15.0 Å². The van der Waals surface area contributed by atoms with Crippen LogP contribution in [0.15, 0.2) is 63.2 Å². The maximum Gasteiger partial charge on any atom is 0.303 e. The van der Waals surface area contributed by atoms with Crippen molar-refractivity contribution in [1.82, 2.24) is 5.01 Å². The molecule has 8 heteroatoms. The first-order valence-corrected chi connectivity index (χ1v) is 8.46. The van der Waals surface area contributed by atoms with Crippen LogP contribution in [0.2, 0.25) is 0 Å². The topological polar surface area (TPSA) is 83.4 Å². The maximum atomic E-state index is 12.5. The highest BCUT2D eigenvalue weighted by molar-refractivity contribution is 9.10. The summed E-state index contributed by atoms with van der Waals surface area (Å²) in [5.74, 6) is -0.478. The van der Waals surface area contributed by atoms with Crippen LogP contribution < -0.4 is 10.2 Å². The molecule has 2 aromatic rings. The van der Waals surface area contributed by atoms with Crippen LogP contribution in [-0.2, 0) is 4.79 Å². The van der Waals surface area contributed by atoms with Gasteiger partial charge in [0.25, 0.3) is 5.91 Å². The fourth-order valence-corrected chi connectivity index (χ4v) is 2.53. The van der Waals surface area contributed by atoms with Gasteiger partial charge in [0, 0.05) is 10.0 Å². The van der Waals surface area contributed by atoms with Crippen LogP contribution in [-0.4, -0.2) is 35.4 Å². The molecule has 0 aliphatic carbocycles. The second-order valence-corrected chi connectivity index (χ2v) is 6.33. The average molecular weight is 415 g/mol. The van der Waals surface area contributed by atoms with Crippen molar-refractivity contribution in [3.05, 3.63) is 58.6 Å². The molecule has 0 fully saturated rings. The predicted octanol–water partition coefficient (Wildman–Crippen LogP) is 3.28. The number of anilines is 1. The van der Waals surface area contributed by atoms with Crippen molar-refractivity contribution in [2.45, 2.75) is 6.92 Å². The van der Waals surface area contributed by atoms with Crippen LogP contribution in [0, 0.1) is 0 Å². The number of ether oxygens (including phenoxy) is 1. The smallest absolute Gasteiger partial charge is 0.303 e. The van der Waals surface area contributed by atoms with Crippen molar-refractivity contribution in [3.8, 4) is 5.75 Å². The summed E-state index contributed by atoms with van der Waals surface area (Å²) < 4.78 is 5.99. The van der Waals surface area contributed by atoms with Gasteiger partial charge >= 0.3 is 5.91 Å². The molecule has 2 aromatic carbocycles. The molecule has 0 unspecified atom stereocenters. The Morgan fingerprint density at radius 2 is 1.81 bits per heavy atom. The number of carbonyl (C=O) groups is 2. The number of nitrogens with one attached hydrogen (secondary N) is 1. The average Bonchev–Trinajstić information content (AvgIpc) is 2.95. The number of halogens is 1. The second kappa shape index (κ2) is 7.49. The number of hydrazone groups is 2. The first-order chi connectivity index (χ1) is 12.5. The minimum Gasteiger partial charge on any atom is -0.497 e. The molecule has 0 spiro atoms. The van der Waals surface area contributed by atoms with E-state index in [-0.39, 0.29) is 5.71 Å². The molecule has 0 saturated carbocycles. The van der Waals surface area contributed by atoms with Gasteiger partial charge in [0.2, 0.25) is 0 Å². The number of rotatable bonds is 4. The number of imide groups is 1. The summed E-state index contributed by atoms with van der Waals surface area (Å²) in [5, 5.41) is 8.95. The summed E-state index contributed by atoms with van der Waals surface area (Å²) in [7, 11) is 1.54. The van der Waals surface area contributed by atoms with Crippen molar-refractivity contribution in [1.29, 1.82) is 0 Å². The zero-order valence-electron chi connectivity index (χ0n) is 14.1. The monoisotopic (exact) mass is 414 g/mol. The van der Waals surface area contributed by atoms with Gasteiger partial charge in [0.15, 0.2) is 5.71 Å². The van der Waals surface area contributed by atoms with Crippen molar-refractivity contribution in [3.63, 3.8) is 0 Å². The molecule has 26 heavy (non-hydrogen) atoms. The Bertz CT molecular complexity index is 905. The quantitative estimate of drug-likeness (QED) is 0.614. The number of benzene rings is 2. The van der Waals surface area contributed by atoms with Gasteiger partial charge in [0.05, 0.1) is 18.5 Å². The van der Waals surface area contributed by atoms with E-state index in [1.165, 1.54) is 7.11 Å². The van der Waals surface area contributed by atoms with Crippen LogP contribution in [0.1, 0.15) is 17.3 Å². The summed E-state index contributed by atoms with van der Waals surface area (Å²) in [6, 6.07) is 13.8. The van der Waals surface area contributed by atoms with Crippen LogP contribution in [0.4, 0.5) is 5.69 Å². The largest absolute Gasteiger partial charge is 0.497 e. The van der Waals surface area contributed by atoms with Gasteiger partial charge in [-0.05, 0) is 55.5 Å². The van der Waals surface area contributed by atoms with E-state index in [0.29, 0.717) is 22.7 Å².